The number of rotatable bonds is 7. The molecule has 0 radical (unpaired) electrons. The average molecular weight is 184 g/mol. The van der Waals surface area contributed by atoms with E-state index in [-0.39, 0.29) is 6.61 Å². The van der Waals surface area contributed by atoms with Crippen LogP contribution in [0.25, 0.3) is 0 Å². The van der Waals surface area contributed by atoms with Gasteiger partial charge in [0.25, 0.3) is 0 Å². The molecule has 0 saturated heterocycles. The van der Waals surface area contributed by atoms with E-state index < -0.39 is 5.97 Å². The van der Waals surface area contributed by atoms with Gasteiger partial charge in [-0.05, 0) is 25.7 Å². The predicted molar refractivity (Wildman–Crippen MR) is 51.5 cm³/mol. The largest absolute Gasteiger partial charge is 0.478 e. The standard InChI is InChI=1S/C10H16O3/c11-9-7-5-3-1-2-4-6-8-10(12)13/h1,3,6,8,11H,2,4-5,7,9H2,(H,12,13)/b3-1+,8-6+. The van der Waals surface area contributed by atoms with Gasteiger partial charge in [-0.1, -0.05) is 18.2 Å². The average Bonchev–Trinajstić information content (AvgIpc) is 2.09. The zero-order valence-electron chi connectivity index (χ0n) is 7.65. The third-order valence-electron chi connectivity index (χ3n) is 1.46. The molecule has 0 fully saturated rings. The number of carbonyl (C=O) groups is 1. The first-order valence-corrected chi connectivity index (χ1v) is 4.42. The van der Waals surface area contributed by atoms with Crippen LogP contribution in [0.3, 0.4) is 0 Å². The van der Waals surface area contributed by atoms with Crippen LogP contribution in [0.5, 0.6) is 0 Å². The number of allylic oxidation sites excluding steroid dienone is 3. The number of hydrogen-bond donors (Lipinski definition) is 2. The first-order chi connectivity index (χ1) is 6.27. The second kappa shape index (κ2) is 9.00. The SMILES string of the molecule is O=C(O)/C=C/CC/C=C/CCCO. The van der Waals surface area contributed by atoms with Gasteiger partial charge in [0, 0.05) is 12.7 Å². The van der Waals surface area contributed by atoms with Crippen LogP contribution in [-0.4, -0.2) is 22.8 Å². The molecule has 0 heterocycles. The van der Waals surface area contributed by atoms with E-state index in [4.69, 9.17) is 10.2 Å². The lowest BCUT2D eigenvalue weighted by atomic mass is 10.2. The number of carboxylic acids is 1. The fourth-order valence-electron chi connectivity index (χ4n) is 0.821. The molecule has 0 aliphatic rings. The second-order valence-corrected chi connectivity index (χ2v) is 2.66. The molecule has 0 aromatic carbocycles. The van der Waals surface area contributed by atoms with E-state index in [9.17, 15) is 4.79 Å². The Labute approximate surface area is 78.4 Å². The van der Waals surface area contributed by atoms with Crippen molar-refractivity contribution in [2.24, 2.45) is 0 Å². The molecule has 74 valence electrons. The molecular formula is C10H16O3. The van der Waals surface area contributed by atoms with Crippen molar-refractivity contribution < 1.29 is 15.0 Å². The normalized spacial score (nSPS) is 11.5. The van der Waals surface area contributed by atoms with Gasteiger partial charge in [-0.2, -0.15) is 0 Å². The Bertz CT molecular complexity index is 183. The predicted octanol–water partition coefficient (Wildman–Crippen LogP) is 1.74. The van der Waals surface area contributed by atoms with Gasteiger partial charge in [-0.15, -0.1) is 0 Å². The van der Waals surface area contributed by atoms with Crippen LogP contribution < -0.4 is 0 Å². The van der Waals surface area contributed by atoms with Gasteiger partial charge >= 0.3 is 5.97 Å². The first kappa shape index (κ1) is 11.9. The molecule has 0 aromatic heterocycles. The van der Waals surface area contributed by atoms with Crippen molar-refractivity contribution in [3.8, 4) is 0 Å². The monoisotopic (exact) mass is 184 g/mol. The minimum atomic E-state index is -0.899. The number of hydrogen-bond acceptors (Lipinski definition) is 2. The van der Waals surface area contributed by atoms with E-state index in [1.54, 1.807) is 6.08 Å². The van der Waals surface area contributed by atoms with Crippen molar-refractivity contribution in [2.45, 2.75) is 25.7 Å². The van der Waals surface area contributed by atoms with E-state index in [2.05, 4.69) is 0 Å². The van der Waals surface area contributed by atoms with E-state index in [0.717, 1.165) is 31.8 Å². The highest BCUT2D eigenvalue weighted by Gasteiger charge is 1.83. The number of carboxylic acid groups (broad SMARTS) is 1. The second-order valence-electron chi connectivity index (χ2n) is 2.66. The minimum absolute atomic E-state index is 0.225. The van der Waals surface area contributed by atoms with Crippen molar-refractivity contribution in [3.05, 3.63) is 24.3 Å². The van der Waals surface area contributed by atoms with Gasteiger partial charge in [-0.25, -0.2) is 4.79 Å². The number of aliphatic carboxylic acids is 1. The summed E-state index contributed by atoms with van der Waals surface area (Å²) in [5.74, 6) is -0.899. The molecule has 13 heavy (non-hydrogen) atoms. The maximum Gasteiger partial charge on any atom is 0.327 e. The Morgan fingerprint density at radius 1 is 1.08 bits per heavy atom. The van der Waals surface area contributed by atoms with Crippen molar-refractivity contribution >= 4 is 5.97 Å². The maximum absolute atomic E-state index is 10.0. The number of aliphatic hydroxyl groups is 1. The lowest BCUT2D eigenvalue weighted by molar-refractivity contribution is -0.131. The Morgan fingerprint density at radius 2 is 1.69 bits per heavy atom. The van der Waals surface area contributed by atoms with E-state index >= 15 is 0 Å². The van der Waals surface area contributed by atoms with E-state index in [0.29, 0.717) is 0 Å². The first-order valence-electron chi connectivity index (χ1n) is 4.42. The highest BCUT2D eigenvalue weighted by atomic mass is 16.4. The Hall–Kier alpha value is -1.09. The van der Waals surface area contributed by atoms with E-state index in [1.807, 2.05) is 12.2 Å². The summed E-state index contributed by atoms with van der Waals surface area (Å²) < 4.78 is 0. The zero-order chi connectivity index (χ0) is 9.94. The molecule has 0 rings (SSSR count). The molecule has 2 N–H and O–H groups in total. The van der Waals surface area contributed by atoms with Gasteiger partial charge in [0.15, 0.2) is 0 Å². The lowest BCUT2D eigenvalue weighted by Gasteiger charge is -1.88. The van der Waals surface area contributed by atoms with Crippen LogP contribution >= 0.6 is 0 Å². The van der Waals surface area contributed by atoms with Crippen LogP contribution in [0, 0.1) is 0 Å². The van der Waals surface area contributed by atoms with E-state index in [1.165, 1.54) is 0 Å². The summed E-state index contributed by atoms with van der Waals surface area (Å²) in [6.07, 6.45) is 10.1. The maximum atomic E-state index is 10.0. The van der Waals surface area contributed by atoms with Crippen molar-refractivity contribution in [3.63, 3.8) is 0 Å². The summed E-state index contributed by atoms with van der Waals surface area (Å²) in [6.45, 7) is 0.225. The molecule has 0 unspecified atom stereocenters. The van der Waals surface area contributed by atoms with Crippen LogP contribution in [0.4, 0.5) is 0 Å². The van der Waals surface area contributed by atoms with Gasteiger partial charge < -0.3 is 10.2 Å². The summed E-state index contributed by atoms with van der Waals surface area (Å²) >= 11 is 0. The lowest BCUT2D eigenvalue weighted by Crippen LogP contribution is -1.85. The molecule has 0 spiro atoms. The summed E-state index contributed by atoms with van der Waals surface area (Å²) in [6, 6.07) is 0. The molecule has 0 aromatic rings. The molecule has 0 aliphatic carbocycles. The fraction of sp³-hybridized carbons (Fsp3) is 0.500. The molecule has 0 aliphatic heterocycles. The van der Waals surface area contributed by atoms with Crippen molar-refractivity contribution in [1.82, 2.24) is 0 Å². The van der Waals surface area contributed by atoms with Crippen LogP contribution in [0.2, 0.25) is 0 Å². The summed E-state index contributed by atoms with van der Waals surface area (Å²) in [4.78, 5) is 10.0. The highest BCUT2D eigenvalue weighted by molar-refractivity contribution is 5.79. The van der Waals surface area contributed by atoms with Crippen molar-refractivity contribution in [2.75, 3.05) is 6.61 Å². The number of unbranched alkanes of at least 4 members (excludes halogenated alkanes) is 2. The topological polar surface area (TPSA) is 57.5 Å². The van der Waals surface area contributed by atoms with Gasteiger partial charge in [0.1, 0.15) is 0 Å². The summed E-state index contributed by atoms with van der Waals surface area (Å²) in [5, 5.41) is 16.7. The molecule has 0 bridgehead atoms. The Kier molecular flexibility index (Phi) is 8.25. The molecule has 0 saturated carbocycles. The quantitative estimate of drug-likeness (QED) is 0.360. The molecule has 0 atom stereocenters. The van der Waals surface area contributed by atoms with Gasteiger partial charge in [0.05, 0.1) is 0 Å². The molecular weight excluding hydrogens is 168 g/mol. The summed E-state index contributed by atoms with van der Waals surface area (Å²) in [5.41, 5.74) is 0. The molecule has 3 nitrogen and oxygen atoms in total. The fourth-order valence-corrected chi connectivity index (χ4v) is 0.821. The molecule has 3 heteroatoms. The third-order valence-corrected chi connectivity index (χ3v) is 1.46. The highest BCUT2D eigenvalue weighted by Crippen LogP contribution is 1.96. The Balaban J connectivity index is 3.24. The zero-order valence-corrected chi connectivity index (χ0v) is 7.65. The Morgan fingerprint density at radius 3 is 2.31 bits per heavy atom. The van der Waals surface area contributed by atoms with Gasteiger partial charge in [-0.3, -0.25) is 0 Å². The van der Waals surface area contributed by atoms with Crippen LogP contribution in [0.1, 0.15) is 25.7 Å². The van der Waals surface area contributed by atoms with Gasteiger partial charge in [0.2, 0.25) is 0 Å². The molecule has 0 amide bonds. The summed E-state index contributed by atoms with van der Waals surface area (Å²) in [7, 11) is 0. The van der Waals surface area contributed by atoms with Crippen LogP contribution in [-0.2, 0) is 4.79 Å². The van der Waals surface area contributed by atoms with Crippen molar-refractivity contribution in [1.29, 1.82) is 0 Å². The minimum Gasteiger partial charge on any atom is -0.478 e. The smallest absolute Gasteiger partial charge is 0.327 e. The third kappa shape index (κ3) is 10.9. The van der Waals surface area contributed by atoms with Crippen LogP contribution in [0.15, 0.2) is 24.3 Å². The number of aliphatic hydroxyl groups excluding tert-OH is 1.